The molecule has 150 valence electrons. The third-order valence-electron chi connectivity index (χ3n) is 4.73. The molecule has 7 nitrogen and oxygen atoms in total. The van der Waals surface area contributed by atoms with Crippen molar-refractivity contribution in [3.63, 3.8) is 0 Å². The number of nitrogens with zero attached hydrogens (tertiary/aromatic N) is 6. The van der Waals surface area contributed by atoms with Crippen LogP contribution in [0.1, 0.15) is 23.6 Å². The van der Waals surface area contributed by atoms with Gasteiger partial charge in [0.2, 0.25) is 5.82 Å². The highest BCUT2D eigenvalue weighted by Gasteiger charge is 2.12. The maximum Gasteiger partial charge on any atom is 0.205 e. The van der Waals surface area contributed by atoms with E-state index < -0.39 is 0 Å². The van der Waals surface area contributed by atoms with Gasteiger partial charge >= 0.3 is 0 Å². The molecule has 0 saturated carbocycles. The number of hydrogen-bond donors (Lipinski definition) is 2. The van der Waals surface area contributed by atoms with Crippen LogP contribution in [0.3, 0.4) is 0 Å². The fourth-order valence-corrected chi connectivity index (χ4v) is 3.50. The van der Waals surface area contributed by atoms with E-state index in [1.807, 2.05) is 22.9 Å². The molecular formula is C22H21N7S. The molecule has 0 aliphatic carbocycles. The first-order valence-corrected chi connectivity index (χ1v) is 10.3. The Hall–Kier alpha value is -3.44. The maximum absolute atomic E-state index is 5.43. The van der Waals surface area contributed by atoms with Crippen LogP contribution in [0, 0.1) is 12.3 Å². The Morgan fingerprint density at radius 2 is 1.83 bits per heavy atom. The molecule has 4 aromatic rings. The Morgan fingerprint density at radius 1 is 1.03 bits per heavy atom. The minimum Gasteiger partial charge on any atom is -0.245 e. The molecule has 0 bridgehead atoms. The molecule has 0 amide bonds. The van der Waals surface area contributed by atoms with E-state index in [0.717, 1.165) is 40.3 Å². The second-order valence-corrected chi connectivity index (χ2v) is 7.20. The second-order valence-electron chi connectivity index (χ2n) is 6.76. The number of aromatic amines is 1. The zero-order valence-corrected chi connectivity index (χ0v) is 17.3. The Labute approximate surface area is 180 Å². The fraction of sp³-hybridized carbons (Fsp3) is 0.227. The zero-order chi connectivity index (χ0) is 20.8. The molecule has 2 aromatic heterocycles. The van der Waals surface area contributed by atoms with Gasteiger partial charge in [-0.3, -0.25) is 0 Å². The summed E-state index contributed by atoms with van der Waals surface area (Å²) in [7, 11) is 0. The average Bonchev–Trinajstić information content (AvgIpc) is 3.44. The Bertz CT molecular complexity index is 1140. The summed E-state index contributed by atoms with van der Waals surface area (Å²) in [6, 6.07) is 16.4. The Kier molecular flexibility index (Phi) is 6.20. The number of benzene rings is 2. The first kappa shape index (κ1) is 19.9. The summed E-state index contributed by atoms with van der Waals surface area (Å²) in [5.74, 6) is 5.69. The Balaban J connectivity index is 1.58. The van der Waals surface area contributed by atoms with Gasteiger partial charge in [-0.1, -0.05) is 48.5 Å². The van der Waals surface area contributed by atoms with E-state index in [4.69, 9.17) is 6.42 Å². The van der Waals surface area contributed by atoms with Gasteiger partial charge in [-0.15, -0.1) is 22.5 Å². The van der Waals surface area contributed by atoms with Crippen molar-refractivity contribution >= 4 is 12.6 Å². The third kappa shape index (κ3) is 4.42. The van der Waals surface area contributed by atoms with Crippen LogP contribution in [0.15, 0.2) is 48.5 Å². The zero-order valence-electron chi connectivity index (χ0n) is 16.4. The number of nitrogens with one attached hydrogen (secondary N) is 1. The largest absolute Gasteiger partial charge is 0.245 e. The van der Waals surface area contributed by atoms with Crippen LogP contribution < -0.4 is 0 Å². The van der Waals surface area contributed by atoms with Crippen LogP contribution >= 0.6 is 12.6 Å². The standard InChI is InChI=1S/C22H21N7S/c1-2-3-8-21-23-20(13-14-30)26-29(21)15-16-9-11-17(12-10-16)18-6-4-5-7-19(18)22-24-27-28-25-22/h1,4-7,9-12,30H,3,8,13-15H2,(H,24,25,27,28). The van der Waals surface area contributed by atoms with E-state index >= 15 is 0 Å². The number of rotatable bonds is 8. The van der Waals surface area contributed by atoms with E-state index in [0.29, 0.717) is 31.0 Å². The number of terminal acetylenes is 1. The van der Waals surface area contributed by atoms with Gasteiger partial charge in [0, 0.05) is 24.8 Å². The van der Waals surface area contributed by atoms with E-state index in [2.05, 4.69) is 79.6 Å². The summed E-state index contributed by atoms with van der Waals surface area (Å²) in [6.07, 6.45) is 7.53. The smallest absolute Gasteiger partial charge is 0.205 e. The number of tetrazole rings is 1. The number of H-pyrrole nitrogens is 1. The minimum absolute atomic E-state index is 0.576. The van der Waals surface area contributed by atoms with Gasteiger partial charge in [0.15, 0.2) is 5.82 Å². The van der Waals surface area contributed by atoms with E-state index in [9.17, 15) is 0 Å². The van der Waals surface area contributed by atoms with E-state index in [-0.39, 0.29) is 0 Å². The SMILES string of the molecule is C#CCCc1nc(CCS)nn1Cc1ccc(-c2ccccc2-c2nn[nH]n2)cc1. The molecule has 0 spiro atoms. The molecule has 2 aromatic carbocycles. The third-order valence-corrected chi connectivity index (χ3v) is 4.95. The van der Waals surface area contributed by atoms with Gasteiger partial charge < -0.3 is 0 Å². The van der Waals surface area contributed by atoms with Crippen molar-refractivity contribution in [3.8, 4) is 34.9 Å². The van der Waals surface area contributed by atoms with E-state index in [1.165, 1.54) is 0 Å². The lowest BCUT2D eigenvalue weighted by Crippen LogP contribution is -2.07. The summed E-state index contributed by atoms with van der Waals surface area (Å²) in [5, 5.41) is 19.0. The molecule has 0 atom stereocenters. The van der Waals surface area contributed by atoms with Gasteiger partial charge in [0.1, 0.15) is 5.82 Å². The lowest BCUT2D eigenvalue weighted by molar-refractivity contribution is 0.632. The van der Waals surface area contributed by atoms with Gasteiger partial charge in [0.25, 0.3) is 0 Å². The lowest BCUT2D eigenvalue weighted by Gasteiger charge is -2.09. The second kappa shape index (κ2) is 9.37. The predicted octanol–water partition coefficient (Wildman–Crippen LogP) is 3.21. The molecule has 0 fully saturated rings. The van der Waals surface area contributed by atoms with Gasteiger partial charge in [0.05, 0.1) is 6.54 Å². The molecule has 0 aliphatic heterocycles. The van der Waals surface area contributed by atoms with Crippen molar-refractivity contribution in [3.05, 3.63) is 65.7 Å². The van der Waals surface area contributed by atoms with Crippen LogP contribution in [0.2, 0.25) is 0 Å². The average molecular weight is 416 g/mol. The quantitative estimate of drug-likeness (QED) is 0.341. The van der Waals surface area contributed by atoms with Crippen LogP contribution in [-0.2, 0) is 19.4 Å². The first-order chi connectivity index (χ1) is 14.8. The first-order valence-electron chi connectivity index (χ1n) is 9.67. The summed E-state index contributed by atoms with van der Waals surface area (Å²) in [5.41, 5.74) is 4.21. The highest BCUT2D eigenvalue weighted by atomic mass is 32.1. The summed E-state index contributed by atoms with van der Waals surface area (Å²) < 4.78 is 1.94. The van der Waals surface area contributed by atoms with Crippen LogP contribution in [-0.4, -0.2) is 41.1 Å². The van der Waals surface area contributed by atoms with Crippen molar-refractivity contribution in [2.75, 3.05) is 5.75 Å². The number of aromatic nitrogens is 7. The normalized spacial score (nSPS) is 10.8. The van der Waals surface area contributed by atoms with Crippen LogP contribution in [0.4, 0.5) is 0 Å². The van der Waals surface area contributed by atoms with E-state index in [1.54, 1.807) is 0 Å². The van der Waals surface area contributed by atoms with Crippen LogP contribution in [0.25, 0.3) is 22.5 Å². The fourth-order valence-electron chi connectivity index (χ4n) is 3.30. The van der Waals surface area contributed by atoms with Crippen molar-refractivity contribution in [1.29, 1.82) is 0 Å². The van der Waals surface area contributed by atoms with Crippen LogP contribution in [0.5, 0.6) is 0 Å². The molecule has 0 radical (unpaired) electrons. The van der Waals surface area contributed by atoms with Gasteiger partial charge in [-0.25, -0.2) is 9.67 Å². The molecule has 0 saturated heterocycles. The number of thiol groups is 1. The molecule has 8 heteroatoms. The number of aryl methyl sites for hydroxylation is 2. The summed E-state index contributed by atoms with van der Waals surface area (Å²) >= 11 is 4.29. The molecule has 0 aliphatic rings. The lowest BCUT2D eigenvalue weighted by atomic mass is 9.98. The summed E-state index contributed by atoms with van der Waals surface area (Å²) in [6.45, 7) is 0.645. The maximum atomic E-state index is 5.43. The highest BCUT2D eigenvalue weighted by molar-refractivity contribution is 7.80. The van der Waals surface area contributed by atoms with Crippen molar-refractivity contribution in [2.45, 2.75) is 25.8 Å². The van der Waals surface area contributed by atoms with Gasteiger partial charge in [-0.05, 0) is 27.7 Å². The van der Waals surface area contributed by atoms with Crippen molar-refractivity contribution in [1.82, 2.24) is 35.4 Å². The predicted molar refractivity (Wildman–Crippen MR) is 119 cm³/mol. The highest BCUT2D eigenvalue weighted by Crippen LogP contribution is 2.29. The molecular weight excluding hydrogens is 394 g/mol. The number of hydrogen-bond acceptors (Lipinski definition) is 6. The minimum atomic E-state index is 0.576. The monoisotopic (exact) mass is 415 g/mol. The molecule has 2 heterocycles. The topological polar surface area (TPSA) is 85.2 Å². The molecule has 30 heavy (non-hydrogen) atoms. The molecule has 4 rings (SSSR count). The van der Waals surface area contributed by atoms with Gasteiger partial charge in [-0.2, -0.15) is 22.9 Å². The molecule has 0 unspecified atom stereocenters. The van der Waals surface area contributed by atoms with Crippen molar-refractivity contribution in [2.24, 2.45) is 0 Å². The van der Waals surface area contributed by atoms with Crippen molar-refractivity contribution < 1.29 is 0 Å². The summed E-state index contributed by atoms with van der Waals surface area (Å²) in [4.78, 5) is 4.62. The molecule has 1 N–H and O–H groups in total. The Morgan fingerprint density at radius 3 is 2.53 bits per heavy atom.